The molecule has 6 heteroatoms. The molecule has 1 aliphatic heterocycles. The van der Waals surface area contributed by atoms with Crippen LogP contribution < -0.4 is 4.90 Å². The van der Waals surface area contributed by atoms with E-state index in [-0.39, 0.29) is 16.7 Å². The highest BCUT2D eigenvalue weighted by Gasteiger charge is 2.47. The second kappa shape index (κ2) is 9.18. The van der Waals surface area contributed by atoms with E-state index in [1.54, 1.807) is 30.3 Å². The molecule has 0 aromatic heterocycles. The van der Waals surface area contributed by atoms with Crippen LogP contribution in [0.15, 0.2) is 66.2 Å². The van der Waals surface area contributed by atoms with Crippen molar-refractivity contribution in [3.63, 3.8) is 0 Å². The Bertz CT molecular complexity index is 1370. The van der Waals surface area contributed by atoms with Gasteiger partial charge in [0.15, 0.2) is 0 Å². The zero-order chi connectivity index (χ0) is 25.7. The number of anilines is 1. The predicted octanol–water partition coefficient (Wildman–Crippen LogP) is 7.53. The van der Waals surface area contributed by atoms with Crippen LogP contribution in [0.3, 0.4) is 0 Å². The summed E-state index contributed by atoms with van der Waals surface area (Å²) in [7, 11) is 0. The Morgan fingerprint density at radius 1 is 0.886 bits per heavy atom. The molecule has 1 atom stereocenters. The summed E-state index contributed by atoms with van der Waals surface area (Å²) in [6.45, 7) is 10.0. The standard InChI is InChI=1S/C29H27Cl2NO3/c1-16-6-11-20(12-7-16)32-25(18-9-13-22(30)23(31)14-18)24(27(34)28(32)35)26(33)21-15-19(29(3,4)5)10-8-17(21)2/h6-15,25,33H,1-5H3/b26-24+. The third-order valence-electron chi connectivity index (χ3n) is 6.37. The highest BCUT2D eigenvalue weighted by molar-refractivity contribution is 6.52. The highest BCUT2D eigenvalue weighted by atomic mass is 35.5. The van der Waals surface area contributed by atoms with Gasteiger partial charge in [-0.1, -0.05) is 79.9 Å². The lowest BCUT2D eigenvalue weighted by Gasteiger charge is -2.26. The number of rotatable bonds is 3. The third kappa shape index (κ3) is 4.61. The molecule has 1 heterocycles. The summed E-state index contributed by atoms with van der Waals surface area (Å²) in [5.41, 5.74) is 4.31. The van der Waals surface area contributed by atoms with Gasteiger partial charge in [-0.25, -0.2) is 0 Å². The lowest BCUT2D eigenvalue weighted by Crippen LogP contribution is -2.29. The van der Waals surface area contributed by atoms with E-state index in [0.717, 1.165) is 16.7 Å². The van der Waals surface area contributed by atoms with Crippen LogP contribution in [0.2, 0.25) is 10.0 Å². The second-order valence-electron chi connectivity index (χ2n) is 9.96. The molecule has 1 fully saturated rings. The maximum Gasteiger partial charge on any atom is 0.300 e. The number of hydrogen-bond donors (Lipinski definition) is 1. The number of aliphatic hydroxyl groups excluding tert-OH is 1. The molecule has 1 saturated heterocycles. The minimum Gasteiger partial charge on any atom is -0.507 e. The van der Waals surface area contributed by atoms with Gasteiger partial charge in [0.05, 0.1) is 21.7 Å². The largest absolute Gasteiger partial charge is 0.507 e. The number of amides is 1. The van der Waals surface area contributed by atoms with Gasteiger partial charge in [-0.2, -0.15) is 0 Å². The SMILES string of the molecule is Cc1ccc(N2C(=O)C(=O)/C(=C(/O)c3cc(C(C)(C)C)ccc3C)C2c2ccc(Cl)c(Cl)c2)cc1. The van der Waals surface area contributed by atoms with E-state index in [4.69, 9.17) is 23.2 Å². The maximum atomic E-state index is 13.4. The normalized spacial score (nSPS) is 17.8. The molecule has 0 bridgehead atoms. The number of aliphatic hydroxyl groups is 1. The third-order valence-corrected chi connectivity index (χ3v) is 7.11. The van der Waals surface area contributed by atoms with E-state index in [2.05, 4.69) is 20.8 Å². The average Bonchev–Trinajstić information content (AvgIpc) is 3.06. The molecule has 3 aromatic carbocycles. The topological polar surface area (TPSA) is 57.6 Å². The van der Waals surface area contributed by atoms with Crippen molar-refractivity contribution in [2.24, 2.45) is 0 Å². The van der Waals surface area contributed by atoms with Crippen molar-refractivity contribution in [2.75, 3.05) is 4.90 Å². The first-order valence-electron chi connectivity index (χ1n) is 11.3. The Balaban J connectivity index is 1.99. The number of nitrogens with zero attached hydrogens (tertiary/aromatic N) is 1. The predicted molar refractivity (Wildman–Crippen MR) is 142 cm³/mol. The van der Waals surface area contributed by atoms with Crippen molar-refractivity contribution in [3.05, 3.63) is 104 Å². The van der Waals surface area contributed by atoms with Crippen molar-refractivity contribution in [2.45, 2.75) is 46.1 Å². The molecular formula is C29H27Cl2NO3. The summed E-state index contributed by atoms with van der Waals surface area (Å²) >= 11 is 12.5. The smallest absolute Gasteiger partial charge is 0.300 e. The van der Waals surface area contributed by atoms with Crippen molar-refractivity contribution < 1.29 is 14.7 Å². The number of ketones is 1. The van der Waals surface area contributed by atoms with E-state index < -0.39 is 17.7 Å². The number of hydrogen-bond acceptors (Lipinski definition) is 3. The molecule has 1 N–H and O–H groups in total. The highest BCUT2D eigenvalue weighted by Crippen LogP contribution is 2.44. The molecule has 1 unspecified atom stereocenters. The van der Waals surface area contributed by atoms with Crippen LogP contribution in [0.5, 0.6) is 0 Å². The molecule has 1 aliphatic rings. The maximum absolute atomic E-state index is 13.4. The summed E-state index contributed by atoms with van der Waals surface area (Å²) in [6, 6.07) is 17.2. The number of aryl methyl sites for hydroxylation is 2. The molecule has 0 aliphatic carbocycles. The average molecular weight is 508 g/mol. The number of benzene rings is 3. The molecule has 35 heavy (non-hydrogen) atoms. The minimum absolute atomic E-state index is 0.0168. The number of carbonyl (C=O) groups excluding carboxylic acids is 2. The number of Topliss-reactive ketones (excluding diaryl/α,β-unsaturated/α-hetero) is 1. The number of halogens is 2. The van der Waals surface area contributed by atoms with Gasteiger partial charge in [-0.15, -0.1) is 0 Å². The van der Waals surface area contributed by atoms with Gasteiger partial charge < -0.3 is 5.11 Å². The van der Waals surface area contributed by atoms with Gasteiger partial charge in [-0.05, 0) is 66.3 Å². The molecule has 4 nitrogen and oxygen atoms in total. The molecule has 1 amide bonds. The van der Waals surface area contributed by atoms with Gasteiger partial charge in [0.1, 0.15) is 5.76 Å². The van der Waals surface area contributed by atoms with Crippen LogP contribution in [-0.2, 0) is 15.0 Å². The van der Waals surface area contributed by atoms with Gasteiger partial charge >= 0.3 is 0 Å². The van der Waals surface area contributed by atoms with Crippen LogP contribution in [0, 0.1) is 13.8 Å². The van der Waals surface area contributed by atoms with E-state index in [9.17, 15) is 14.7 Å². The Hall–Kier alpha value is -3.08. The Morgan fingerprint density at radius 3 is 2.14 bits per heavy atom. The fraction of sp³-hybridized carbons (Fsp3) is 0.241. The van der Waals surface area contributed by atoms with Crippen molar-refractivity contribution in [1.29, 1.82) is 0 Å². The lowest BCUT2D eigenvalue weighted by molar-refractivity contribution is -0.132. The van der Waals surface area contributed by atoms with Gasteiger partial charge in [0.2, 0.25) is 0 Å². The van der Waals surface area contributed by atoms with Gasteiger partial charge in [0, 0.05) is 11.3 Å². The summed E-state index contributed by atoms with van der Waals surface area (Å²) in [5, 5.41) is 12.2. The van der Waals surface area contributed by atoms with Crippen LogP contribution >= 0.6 is 23.2 Å². The molecule has 180 valence electrons. The van der Waals surface area contributed by atoms with E-state index in [1.165, 1.54) is 4.90 Å². The zero-order valence-corrected chi connectivity index (χ0v) is 21.8. The summed E-state index contributed by atoms with van der Waals surface area (Å²) in [4.78, 5) is 28.2. The van der Waals surface area contributed by atoms with E-state index in [0.29, 0.717) is 26.9 Å². The van der Waals surface area contributed by atoms with Gasteiger partial charge in [-0.3, -0.25) is 14.5 Å². The fourth-order valence-corrected chi connectivity index (χ4v) is 4.60. The Morgan fingerprint density at radius 2 is 1.54 bits per heavy atom. The summed E-state index contributed by atoms with van der Waals surface area (Å²) in [5.74, 6) is -1.67. The summed E-state index contributed by atoms with van der Waals surface area (Å²) < 4.78 is 0. The minimum atomic E-state index is -0.870. The van der Waals surface area contributed by atoms with Gasteiger partial charge in [0.25, 0.3) is 11.7 Å². The lowest BCUT2D eigenvalue weighted by atomic mass is 9.84. The molecule has 3 aromatic rings. The first kappa shape index (κ1) is 25.0. The monoisotopic (exact) mass is 507 g/mol. The van der Waals surface area contributed by atoms with Crippen molar-refractivity contribution in [3.8, 4) is 0 Å². The van der Waals surface area contributed by atoms with Crippen LogP contribution in [0.25, 0.3) is 5.76 Å². The van der Waals surface area contributed by atoms with Crippen molar-refractivity contribution >= 4 is 46.3 Å². The molecule has 0 radical (unpaired) electrons. The second-order valence-corrected chi connectivity index (χ2v) is 10.8. The molecular weight excluding hydrogens is 481 g/mol. The van der Waals surface area contributed by atoms with E-state index in [1.807, 2.05) is 44.2 Å². The first-order chi connectivity index (χ1) is 16.4. The van der Waals surface area contributed by atoms with Crippen LogP contribution in [0.4, 0.5) is 5.69 Å². The first-order valence-corrected chi connectivity index (χ1v) is 12.1. The quantitative estimate of drug-likeness (QED) is 0.226. The summed E-state index contributed by atoms with van der Waals surface area (Å²) in [6.07, 6.45) is 0. The molecule has 4 rings (SSSR count). The Labute approximate surface area is 215 Å². The van der Waals surface area contributed by atoms with Crippen molar-refractivity contribution in [1.82, 2.24) is 0 Å². The molecule has 0 saturated carbocycles. The zero-order valence-electron chi connectivity index (χ0n) is 20.3. The molecule has 0 spiro atoms. The fourth-order valence-electron chi connectivity index (χ4n) is 4.29. The van der Waals surface area contributed by atoms with Crippen LogP contribution in [0.1, 0.15) is 54.6 Å². The Kier molecular flexibility index (Phi) is 6.56. The van der Waals surface area contributed by atoms with Crippen LogP contribution in [-0.4, -0.2) is 16.8 Å². The van der Waals surface area contributed by atoms with E-state index >= 15 is 0 Å². The number of carbonyl (C=O) groups is 2.